The Morgan fingerprint density at radius 2 is 1.96 bits per heavy atom. The maximum Gasteiger partial charge on any atom is 0.119 e. The Balaban J connectivity index is 1.43. The summed E-state index contributed by atoms with van der Waals surface area (Å²) >= 11 is 0. The van der Waals surface area contributed by atoms with Gasteiger partial charge in [0.05, 0.1) is 6.61 Å². The lowest BCUT2D eigenvalue weighted by Crippen LogP contribution is -2.32. The minimum absolute atomic E-state index is 0.0944. The van der Waals surface area contributed by atoms with Crippen LogP contribution in [0.25, 0.3) is 0 Å². The largest absolute Gasteiger partial charge is 0.494 e. The molecule has 3 N–H and O–H groups in total. The molecule has 1 saturated carbocycles. The average molecular weight is 380 g/mol. The lowest BCUT2D eigenvalue weighted by atomic mass is 9.79. The maximum atomic E-state index is 9.50. The number of nitrogens with two attached hydrogens (primary N) is 1. The maximum absolute atomic E-state index is 9.50. The highest BCUT2D eigenvalue weighted by Gasteiger charge is 2.34. The Morgan fingerprint density at radius 1 is 1.07 bits per heavy atom. The summed E-state index contributed by atoms with van der Waals surface area (Å²) in [6, 6.07) is 15.7. The van der Waals surface area contributed by atoms with Crippen LogP contribution in [0, 0.1) is 11.8 Å². The quantitative estimate of drug-likeness (QED) is 0.789. The molecule has 150 valence electrons. The molecule has 2 aromatic carbocycles. The standard InChI is InChI=1S/C25H33NO2/c1-2-28-23-5-3-4-17(14-23)12-18-6-7-20-15-21(9-8-19(20)13-18)24-11-10-22(16-27)25(24)26/h3-5,8-9,14-15,18,22,24-25,27H,2,6-7,10-13,16,26H2,1H3/t18-,22+,24+,25?/m0/s1. The SMILES string of the molecule is CCOc1cccc(C[C@@H]2CCc3cc([C@H]4CC[C@H](CO)C4N)ccc3C2)c1. The van der Waals surface area contributed by atoms with Gasteiger partial charge in [0.25, 0.3) is 0 Å². The van der Waals surface area contributed by atoms with E-state index in [0.717, 1.165) is 37.9 Å². The van der Waals surface area contributed by atoms with Crippen molar-refractivity contribution in [2.75, 3.05) is 13.2 Å². The summed E-state index contributed by atoms with van der Waals surface area (Å²) in [6.45, 7) is 2.96. The molecule has 3 nitrogen and oxygen atoms in total. The molecule has 1 unspecified atom stereocenters. The first-order valence-corrected chi connectivity index (χ1v) is 10.9. The van der Waals surface area contributed by atoms with Gasteiger partial charge >= 0.3 is 0 Å². The lowest BCUT2D eigenvalue weighted by molar-refractivity contribution is 0.216. The number of ether oxygens (including phenoxy) is 1. The van der Waals surface area contributed by atoms with Crippen LogP contribution in [-0.2, 0) is 19.3 Å². The van der Waals surface area contributed by atoms with E-state index in [4.69, 9.17) is 10.5 Å². The molecule has 2 aliphatic rings. The Labute approximate surface area is 168 Å². The van der Waals surface area contributed by atoms with Gasteiger partial charge in [0, 0.05) is 12.6 Å². The van der Waals surface area contributed by atoms with Crippen LogP contribution in [0.3, 0.4) is 0 Å². The van der Waals surface area contributed by atoms with Gasteiger partial charge in [-0.05, 0) is 97.6 Å². The molecule has 2 aromatic rings. The topological polar surface area (TPSA) is 55.5 Å². The van der Waals surface area contributed by atoms with Gasteiger partial charge in [0.2, 0.25) is 0 Å². The van der Waals surface area contributed by atoms with Crippen LogP contribution in [-0.4, -0.2) is 24.4 Å². The van der Waals surface area contributed by atoms with Crippen LogP contribution in [0.4, 0.5) is 0 Å². The average Bonchev–Trinajstić information content (AvgIpc) is 3.08. The summed E-state index contributed by atoms with van der Waals surface area (Å²) in [6.07, 6.45) is 6.82. The van der Waals surface area contributed by atoms with Gasteiger partial charge in [-0.15, -0.1) is 0 Å². The first-order chi connectivity index (χ1) is 13.7. The molecular formula is C25H33NO2. The summed E-state index contributed by atoms with van der Waals surface area (Å²) in [5.74, 6) is 2.34. The van der Waals surface area contributed by atoms with Gasteiger partial charge in [-0.3, -0.25) is 0 Å². The fourth-order valence-electron chi connectivity index (χ4n) is 5.23. The molecule has 3 heteroatoms. The van der Waals surface area contributed by atoms with Gasteiger partial charge in [-0.25, -0.2) is 0 Å². The molecule has 2 aliphatic carbocycles. The third kappa shape index (κ3) is 4.11. The second-order valence-corrected chi connectivity index (χ2v) is 8.63. The Bertz CT molecular complexity index is 803. The number of aliphatic hydroxyl groups is 1. The minimum atomic E-state index is 0.0944. The first kappa shape index (κ1) is 19.5. The van der Waals surface area contributed by atoms with Crippen molar-refractivity contribution >= 4 is 0 Å². The van der Waals surface area contributed by atoms with Gasteiger partial charge in [-0.2, -0.15) is 0 Å². The van der Waals surface area contributed by atoms with Crippen molar-refractivity contribution in [1.82, 2.24) is 0 Å². The molecule has 28 heavy (non-hydrogen) atoms. The van der Waals surface area contributed by atoms with Crippen molar-refractivity contribution in [3.05, 3.63) is 64.7 Å². The van der Waals surface area contributed by atoms with Crippen molar-refractivity contribution in [3.8, 4) is 5.75 Å². The zero-order valence-electron chi connectivity index (χ0n) is 16.9. The van der Waals surface area contributed by atoms with E-state index < -0.39 is 0 Å². The Kier molecular flexibility index (Phi) is 6.03. The van der Waals surface area contributed by atoms with Gasteiger partial charge in [0.1, 0.15) is 5.75 Å². The van der Waals surface area contributed by atoms with Crippen molar-refractivity contribution in [3.63, 3.8) is 0 Å². The van der Waals surface area contributed by atoms with E-state index in [-0.39, 0.29) is 18.6 Å². The van der Waals surface area contributed by atoms with Crippen LogP contribution in [0.2, 0.25) is 0 Å². The van der Waals surface area contributed by atoms with Crippen LogP contribution in [0.15, 0.2) is 42.5 Å². The van der Waals surface area contributed by atoms with E-state index in [1.165, 1.54) is 28.7 Å². The molecule has 0 bridgehead atoms. The molecule has 0 amide bonds. The number of aryl methyl sites for hydroxylation is 1. The Hall–Kier alpha value is -1.84. The number of hydrogen-bond acceptors (Lipinski definition) is 3. The number of benzene rings is 2. The second kappa shape index (κ2) is 8.67. The fourth-order valence-corrected chi connectivity index (χ4v) is 5.23. The second-order valence-electron chi connectivity index (χ2n) is 8.63. The molecule has 4 rings (SSSR count). The van der Waals surface area contributed by atoms with Crippen LogP contribution in [0.1, 0.15) is 54.4 Å². The van der Waals surface area contributed by atoms with Gasteiger partial charge in [-0.1, -0.05) is 30.3 Å². The highest BCUT2D eigenvalue weighted by molar-refractivity contribution is 5.37. The summed E-state index contributed by atoms with van der Waals surface area (Å²) in [5, 5.41) is 9.50. The fraction of sp³-hybridized carbons (Fsp3) is 0.520. The third-order valence-electron chi connectivity index (χ3n) is 6.81. The molecule has 4 atom stereocenters. The van der Waals surface area contributed by atoms with E-state index in [1.807, 2.05) is 13.0 Å². The minimum Gasteiger partial charge on any atom is -0.494 e. The predicted octanol–water partition coefficient (Wildman–Crippen LogP) is 4.25. The first-order valence-electron chi connectivity index (χ1n) is 10.9. The van der Waals surface area contributed by atoms with E-state index in [2.05, 4.69) is 36.4 Å². The molecule has 0 aromatic heterocycles. The normalized spacial score (nSPS) is 26.8. The van der Waals surface area contributed by atoms with Crippen molar-refractivity contribution in [1.29, 1.82) is 0 Å². The summed E-state index contributed by atoms with van der Waals surface area (Å²) in [7, 11) is 0. The number of rotatable bonds is 6. The molecular weight excluding hydrogens is 346 g/mol. The van der Waals surface area contributed by atoms with E-state index in [0.29, 0.717) is 18.4 Å². The summed E-state index contributed by atoms with van der Waals surface area (Å²) in [5.41, 5.74) is 12.2. The number of hydrogen-bond donors (Lipinski definition) is 2. The molecule has 0 spiro atoms. The molecule has 0 heterocycles. The van der Waals surface area contributed by atoms with Crippen molar-refractivity contribution < 1.29 is 9.84 Å². The van der Waals surface area contributed by atoms with Crippen LogP contribution < -0.4 is 10.5 Å². The van der Waals surface area contributed by atoms with Crippen LogP contribution in [0.5, 0.6) is 5.75 Å². The molecule has 0 radical (unpaired) electrons. The Morgan fingerprint density at radius 3 is 2.75 bits per heavy atom. The lowest BCUT2D eigenvalue weighted by Gasteiger charge is -2.27. The number of aliphatic hydroxyl groups excluding tert-OH is 1. The highest BCUT2D eigenvalue weighted by atomic mass is 16.5. The molecule has 0 saturated heterocycles. The zero-order chi connectivity index (χ0) is 19.5. The van der Waals surface area contributed by atoms with Crippen molar-refractivity contribution in [2.24, 2.45) is 17.6 Å². The zero-order valence-corrected chi connectivity index (χ0v) is 16.9. The molecule has 0 aliphatic heterocycles. The van der Waals surface area contributed by atoms with E-state index >= 15 is 0 Å². The monoisotopic (exact) mass is 379 g/mol. The number of fused-ring (bicyclic) bond motifs is 1. The predicted molar refractivity (Wildman–Crippen MR) is 114 cm³/mol. The summed E-state index contributed by atoms with van der Waals surface area (Å²) < 4.78 is 5.65. The van der Waals surface area contributed by atoms with E-state index in [1.54, 1.807) is 0 Å². The van der Waals surface area contributed by atoms with Crippen LogP contribution >= 0.6 is 0 Å². The van der Waals surface area contributed by atoms with Crippen molar-refractivity contribution in [2.45, 2.75) is 57.4 Å². The van der Waals surface area contributed by atoms with Gasteiger partial charge < -0.3 is 15.6 Å². The summed E-state index contributed by atoms with van der Waals surface area (Å²) in [4.78, 5) is 0. The highest BCUT2D eigenvalue weighted by Crippen LogP contribution is 2.39. The van der Waals surface area contributed by atoms with E-state index in [9.17, 15) is 5.11 Å². The third-order valence-corrected chi connectivity index (χ3v) is 6.81. The smallest absolute Gasteiger partial charge is 0.119 e. The molecule has 1 fully saturated rings. The van der Waals surface area contributed by atoms with Gasteiger partial charge in [0.15, 0.2) is 0 Å².